The highest BCUT2D eigenvalue weighted by Crippen LogP contribution is 2.66. The van der Waals surface area contributed by atoms with Gasteiger partial charge in [-0.15, -0.1) is 0 Å². The highest BCUT2D eigenvalue weighted by molar-refractivity contribution is 7.87. The third-order valence-electron chi connectivity index (χ3n) is 10.8. The smallest absolute Gasteiger partial charge is 0.462 e. The molecule has 0 heterocycles. The SMILES string of the molecule is C[C@H](CCC(=O)OCCOC(=O)C(F)(F)S(=O)(=O)O)C1CCC2C3C(=O)CC4CC(=O)CC[C@]4(C)C3CC(=O)[C@@]21C. The Bertz CT molecular complexity index is 1230. The molecule has 0 aromatic carbocycles. The molecule has 8 atom stereocenters. The van der Waals surface area contributed by atoms with Gasteiger partial charge in [-0.05, 0) is 60.7 Å². The fraction of sp³-hybridized carbons (Fsp3) is 0.821. The molecule has 0 amide bonds. The molecule has 13 heteroatoms. The van der Waals surface area contributed by atoms with Crippen LogP contribution < -0.4 is 0 Å². The van der Waals surface area contributed by atoms with Crippen LogP contribution in [0.15, 0.2) is 0 Å². The van der Waals surface area contributed by atoms with Crippen molar-refractivity contribution < 1.29 is 55.2 Å². The number of carbonyl (C=O) groups excluding carboxylic acids is 5. The molecule has 0 saturated heterocycles. The van der Waals surface area contributed by atoms with E-state index in [0.717, 1.165) is 12.8 Å². The summed E-state index contributed by atoms with van der Waals surface area (Å²) in [5, 5.41) is -5.13. The van der Waals surface area contributed by atoms with Crippen molar-refractivity contribution in [3.63, 3.8) is 0 Å². The first kappa shape index (κ1) is 31.7. The van der Waals surface area contributed by atoms with E-state index in [1.54, 1.807) is 0 Å². The van der Waals surface area contributed by atoms with E-state index in [9.17, 15) is 41.2 Å². The minimum atomic E-state index is -5.99. The summed E-state index contributed by atoms with van der Waals surface area (Å²) in [5.41, 5.74) is -0.895. The lowest BCUT2D eigenvalue weighted by Crippen LogP contribution is -2.60. The molecular formula is C28H38F2O10S. The lowest BCUT2D eigenvalue weighted by Gasteiger charge is -2.58. The summed E-state index contributed by atoms with van der Waals surface area (Å²) in [6.45, 7) is 4.67. The molecule has 0 bridgehead atoms. The average molecular weight is 605 g/mol. The lowest BCUT2D eigenvalue weighted by atomic mass is 9.44. The normalized spacial score (nSPS) is 36.1. The second-order valence-corrected chi connectivity index (χ2v) is 14.3. The lowest BCUT2D eigenvalue weighted by molar-refractivity contribution is -0.167. The second-order valence-electron chi connectivity index (χ2n) is 12.8. The average Bonchev–Trinajstić information content (AvgIpc) is 3.24. The van der Waals surface area contributed by atoms with Crippen LogP contribution in [0.4, 0.5) is 8.78 Å². The summed E-state index contributed by atoms with van der Waals surface area (Å²) >= 11 is 0. The minimum absolute atomic E-state index is 0.000445. The van der Waals surface area contributed by atoms with Crippen LogP contribution in [0.3, 0.4) is 0 Å². The molecule has 4 aliphatic carbocycles. The Hall–Kier alpha value is -2.28. The van der Waals surface area contributed by atoms with E-state index in [4.69, 9.17) is 9.29 Å². The van der Waals surface area contributed by atoms with Gasteiger partial charge in [0.1, 0.15) is 30.6 Å². The topological polar surface area (TPSA) is 158 Å². The summed E-state index contributed by atoms with van der Waals surface area (Å²) in [5.74, 6) is -3.08. The van der Waals surface area contributed by atoms with E-state index in [0.29, 0.717) is 38.5 Å². The van der Waals surface area contributed by atoms with Gasteiger partial charge in [0.15, 0.2) is 0 Å². The molecule has 41 heavy (non-hydrogen) atoms. The number of alkyl halides is 2. The molecule has 230 valence electrons. The van der Waals surface area contributed by atoms with Crippen LogP contribution in [0.2, 0.25) is 0 Å². The van der Waals surface area contributed by atoms with Gasteiger partial charge in [0.05, 0.1) is 0 Å². The van der Waals surface area contributed by atoms with Gasteiger partial charge < -0.3 is 9.47 Å². The Morgan fingerprint density at radius 2 is 1.71 bits per heavy atom. The van der Waals surface area contributed by atoms with Crippen LogP contribution in [-0.2, 0) is 43.6 Å². The van der Waals surface area contributed by atoms with Crippen LogP contribution in [-0.4, -0.2) is 60.7 Å². The molecule has 5 unspecified atom stereocenters. The number of esters is 2. The van der Waals surface area contributed by atoms with Crippen molar-refractivity contribution in [3.05, 3.63) is 0 Å². The van der Waals surface area contributed by atoms with Crippen molar-refractivity contribution in [1.82, 2.24) is 0 Å². The number of hydrogen-bond acceptors (Lipinski definition) is 9. The van der Waals surface area contributed by atoms with Crippen molar-refractivity contribution in [2.75, 3.05) is 13.2 Å². The maximum atomic E-state index is 13.8. The van der Waals surface area contributed by atoms with Crippen molar-refractivity contribution >= 4 is 39.4 Å². The maximum Gasteiger partial charge on any atom is 0.465 e. The van der Waals surface area contributed by atoms with Crippen LogP contribution >= 0.6 is 0 Å². The fourth-order valence-corrected chi connectivity index (χ4v) is 8.76. The van der Waals surface area contributed by atoms with Crippen LogP contribution in [0.25, 0.3) is 0 Å². The van der Waals surface area contributed by atoms with Gasteiger partial charge in [0.2, 0.25) is 0 Å². The first-order valence-corrected chi connectivity index (χ1v) is 15.6. The number of carbonyl (C=O) groups is 5. The second kappa shape index (κ2) is 11.1. The number of ether oxygens (including phenoxy) is 2. The van der Waals surface area contributed by atoms with E-state index >= 15 is 0 Å². The van der Waals surface area contributed by atoms with Gasteiger partial charge >= 0.3 is 27.3 Å². The van der Waals surface area contributed by atoms with Crippen molar-refractivity contribution in [3.8, 4) is 0 Å². The van der Waals surface area contributed by atoms with Crippen molar-refractivity contribution in [2.45, 2.75) is 83.8 Å². The molecular weight excluding hydrogens is 566 g/mol. The number of halogens is 2. The molecule has 4 rings (SSSR count). The summed E-state index contributed by atoms with van der Waals surface area (Å²) in [4.78, 5) is 62.9. The first-order chi connectivity index (χ1) is 18.9. The predicted molar refractivity (Wildman–Crippen MR) is 138 cm³/mol. The molecule has 4 aliphatic rings. The van der Waals surface area contributed by atoms with Gasteiger partial charge in [-0.25, -0.2) is 4.79 Å². The van der Waals surface area contributed by atoms with Crippen molar-refractivity contribution in [1.29, 1.82) is 0 Å². The van der Waals surface area contributed by atoms with Gasteiger partial charge in [-0.1, -0.05) is 20.8 Å². The van der Waals surface area contributed by atoms with E-state index in [-0.39, 0.29) is 64.7 Å². The molecule has 10 nitrogen and oxygen atoms in total. The fourth-order valence-electron chi connectivity index (χ4n) is 8.49. The molecule has 0 aliphatic heterocycles. The molecule has 0 aromatic heterocycles. The van der Waals surface area contributed by atoms with Crippen LogP contribution in [0, 0.1) is 46.3 Å². The highest BCUT2D eigenvalue weighted by Gasteiger charge is 2.66. The zero-order valence-corrected chi connectivity index (χ0v) is 24.3. The predicted octanol–water partition coefficient (Wildman–Crippen LogP) is 3.56. The summed E-state index contributed by atoms with van der Waals surface area (Å²) in [7, 11) is -5.99. The third-order valence-corrected chi connectivity index (χ3v) is 11.7. The summed E-state index contributed by atoms with van der Waals surface area (Å²) in [6.07, 6.45) is 4.16. The molecule has 1 N–H and O–H groups in total. The number of ketones is 3. The van der Waals surface area contributed by atoms with Gasteiger partial charge in [0, 0.05) is 43.4 Å². The quantitative estimate of drug-likeness (QED) is 0.234. The van der Waals surface area contributed by atoms with Crippen LogP contribution in [0.1, 0.15) is 78.6 Å². The monoisotopic (exact) mass is 604 g/mol. The summed E-state index contributed by atoms with van der Waals surface area (Å²) in [6, 6.07) is 0. The molecule has 0 aromatic rings. The number of Topliss-reactive ketones (excluding diaryl/α,β-unsaturated/α-hetero) is 3. The summed E-state index contributed by atoms with van der Waals surface area (Å²) < 4.78 is 64.9. The van der Waals surface area contributed by atoms with Gasteiger partial charge in [-0.2, -0.15) is 17.2 Å². The minimum Gasteiger partial charge on any atom is -0.462 e. The standard InChI is InChI=1S/C28H38F2O10S/c1-15(4-7-23(34)39-10-11-40-25(35)28(29,30)41(36,37)38)18-5-6-19-24-20(14-22(33)27(18,19)3)26(2)9-8-17(31)12-16(26)13-21(24)32/h15-16,18-20,24H,4-14H2,1-3H3,(H,36,37,38)/t15-,16?,18?,19?,20?,24?,26+,27-/m1/s1. The first-order valence-electron chi connectivity index (χ1n) is 14.2. The Balaban J connectivity index is 1.32. The Morgan fingerprint density at radius 3 is 2.37 bits per heavy atom. The van der Waals surface area contributed by atoms with Crippen LogP contribution in [0.5, 0.6) is 0 Å². The van der Waals surface area contributed by atoms with Gasteiger partial charge in [0.25, 0.3) is 0 Å². The number of fused-ring (bicyclic) bond motifs is 5. The Kier molecular flexibility index (Phi) is 8.56. The Labute approximate surface area is 238 Å². The van der Waals surface area contributed by atoms with E-state index in [1.807, 2.05) is 13.8 Å². The van der Waals surface area contributed by atoms with E-state index in [1.165, 1.54) is 0 Å². The van der Waals surface area contributed by atoms with Gasteiger partial charge in [-0.3, -0.25) is 23.7 Å². The number of hydrogen-bond donors (Lipinski definition) is 1. The Morgan fingerprint density at radius 1 is 1.05 bits per heavy atom. The molecule has 4 saturated carbocycles. The van der Waals surface area contributed by atoms with E-state index in [2.05, 4.69) is 11.7 Å². The maximum absolute atomic E-state index is 13.8. The third kappa shape index (κ3) is 5.48. The molecule has 4 fully saturated rings. The van der Waals surface area contributed by atoms with Crippen molar-refractivity contribution in [2.24, 2.45) is 46.3 Å². The molecule has 0 spiro atoms. The molecule has 0 radical (unpaired) electrons. The van der Waals surface area contributed by atoms with E-state index < -0.39 is 45.9 Å². The number of rotatable bonds is 9. The zero-order chi connectivity index (χ0) is 30.5. The zero-order valence-electron chi connectivity index (χ0n) is 23.5. The largest absolute Gasteiger partial charge is 0.465 e. The highest BCUT2D eigenvalue weighted by atomic mass is 32.2.